The van der Waals surface area contributed by atoms with Crippen LogP contribution in [0.5, 0.6) is 0 Å². The molecule has 2 N–H and O–H groups in total. The average Bonchev–Trinajstić information content (AvgIpc) is 3.30. The second-order valence-corrected chi connectivity index (χ2v) is 11.5. The summed E-state index contributed by atoms with van der Waals surface area (Å²) in [4.78, 5) is 16.3. The Morgan fingerprint density at radius 3 is 2.67 bits per heavy atom. The molecule has 2 atom stereocenters. The van der Waals surface area contributed by atoms with E-state index in [0.29, 0.717) is 30.4 Å². The lowest BCUT2D eigenvalue weighted by molar-refractivity contribution is -0.0393. The molecule has 0 bridgehead atoms. The number of nitrogens with zero attached hydrogens (tertiary/aromatic N) is 6. The van der Waals surface area contributed by atoms with Gasteiger partial charge in [0.2, 0.25) is 5.95 Å². The zero-order valence-corrected chi connectivity index (χ0v) is 22.4. The molecule has 6 rings (SSSR count). The highest BCUT2D eigenvalue weighted by atomic mass is 19.3. The van der Waals surface area contributed by atoms with Crippen LogP contribution in [0.2, 0.25) is 0 Å². The molecule has 1 spiro atoms. The zero-order valence-electron chi connectivity index (χ0n) is 22.4. The van der Waals surface area contributed by atoms with Gasteiger partial charge in [0.1, 0.15) is 6.17 Å². The maximum Gasteiger partial charge on any atom is 0.250 e. The number of halogens is 3. The van der Waals surface area contributed by atoms with Crippen molar-refractivity contribution < 1.29 is 13.2 Å². The molecule has 1 saturated heterocycles. The van der Waals surface area contributed by atoms with Gasteiger partial charge in [0.25, 0.3) is 6.43 Å². The first-order valence-electron chi connectivity index (χ1n) is 13.8. The number of alkyl halides is 3. The Morgan fingerprint density at radius 2 is 1.92 bits per heavy atom. The highest BCUT2D eigenvalue weighted by molar-refractivity contribution is 5.92. The van der Waals surface area contributed by atoms with Crippen molar-refractivity contribution in [1.82, 2.24) is 29.8 Å². The summed E-state index contributed by atoms with van der Waals surface area (Å²) in [6.45, 7) is 5.68. The highest BCUT2D eigenvalue weighted by Crippen LogP contribution is 2.44. The molecule has 2 aliphatic heterocycles. The predicted molar refractivity (Wildman–Crippen MR) is 146 cm³/mol. The van der Waals surface area contributed by atoms with E-state index in [1.165, 1.54) is 0 Å². The molecule has 0 amide bonds. The van der Waals surface area contributed by atoms with Gasteiger partial charge in [-0.25, -0.2) is 22.7 Å². The molecule has 2 fully saturated rings. The van der Waals surface area contributed by atoms with Gasteiger partial charge in [0.05, 0.1) is 41.4 Å². The molecule has 3 aromatic heterocycles. The van der Waals surface area contributed by atoms with Crippen LogP contribution >= 0.6 is 0 Å². The summed E-state index contributed by atoms with van der Waals surface area (Å²) in [7, 11) is 0. The van der Waals surface area contributed by atoms with E-state index in [-0.39, 0.29) is 12.6 Å². The Balaban J connectivity index is 1.11. The van der Waals surface area contributed by atoms with Gasteiger partial charge in [0, 0.05) is 49.6 Å². The van der Waals surface area contributed by atoms with Crippen molar-refractivity contribution in [2.45, 2.75) is 70.6 Å². The lowest BCUT2D eigenvalue weighted by Crippen LogP contribution is -2.59. The van der Waals surface area contributed by atoms with E-state index in [9.17, 15) is 13.2 Å². The molecule has 208 valence electrons. The second kappa shape index (κ2) is 10.5. The minimum Gasteiger partial charge on any atom is -0.350 e. The molecular formula is C28H35F3N8. The number of likely N-dealkylation sites (tertiary alicyclic amines) is 1. The number of hydrogen-bond acceptors (Lipinski definition) is 7. The average molecular weight is 541 g/mol. The van der Waals surface area contributed by atoms with E-state index in [2.05, 4.69) is 25.5 Å². The van der Waals surface area contributed by atoms with Crippen molar-refractivity contribution in [2.75, 3.05) is 31.5 Å². The van der Waals surface area contributed by atoms with Crippen molar-refractivity contribution in [2.24, 2.45) is 10.4 Å². The Kier molecular flexibility index (Phi) is 7.05. The Hall–Kier alpha value is -3.05. The first kappa shape index (κ1) is 26.2. The molecule has 39 heavy (non-hydrogen) atoms. The largest absolute Gasteiger partial charge is 0.350 e. The minimum atomic E-state index is -2.41. The third kappa shape index (κ3) is 5.51. The molecule has 1 unspecified atom stereocenters. The van der Waals surface area contributed by atoms with Crippen molar-refractivity contribution >= 4 is 22.9 Å². The van der Waals surface area contributed by atoms with E-state index >= 15 is 0 Å². The van der Waals surface area contributed by atoms with Crippen molar-refractivity contribution in [3.8, 4) is 11.3 Å². The lowest BCUT2D eigenvalue weighted by Gasteiger charge is -2.53. The van der Waals surface area contributed by atoms with Gasteiger partial charge in [-0.15, -0.1) is 5.10 Å². The quantitative estimate of drug-likeness (QED) is 0.432. The number of anilines is 1. The fraction of sp³-hybridized carbons (Fsp3) is 0.571. The molecule has 0 radical (unpaired) electrons. The van der Waals surface area contributed by atoms with E-state index in [1.807, 2.05) is 42.0 Å². The third-order valence-electron chi connectivity index (χ3n) is 8.37. The number of nitrogens with one attached hydrogen (secondary N) is 2. The van der Waals surface area contributed by atoms with Crippen LogP contribution in [0.25, 0.3) is 16.8 Å². The summed E-state index contributed by atoms with van der Waals surface area (Å²) in [5, 5.41) is 11.1. The van der Waals surface area contributed by atoms with Crippen molar-refractivity contribution in [3.05, 3.63) is 36.3 Å². The van der Waals surface area contributed by atoms with Gasteiger partial charge in [-0.2, -0.15) is 0 Å². The number of pyridine rings is 1. The Labute approximate surface area is 226 Å². The molecule has 11 heteroatoms. The first-order valence-corrected chi connectivity index (χ1v) is 13.8. The Morgan fingerprint density at radius 1 is 1.13 bits per heavy atom. The number of fused-ring (bicyclic) bond motifs is 2. The highest BCUT2D eigenvalue weighted by Gasteiger charge is 2.45. The van der Waals surface area contributed by atoms with E-state index in [1.54, 1.807) is 6.92 Å². The topological polar surface area (TPSA) is 82.7 Å². The molecule has 1 aliphatic carbocycles. The molecule has 1 saturated carbocycles. The summed E-state index contributed by atoms with van der Waals surface area (Å²) in [5.74, 6) is 0.600. The number of aromatic nitrogens is 4. The summed E-state index contributed by atoms with van der Waals surface area (Å²) >= 11 is 0. The van der Waals surface area contributed by atoms with E-state index in [4.69, 9.17) is 10.1 Å². The predicted octanol–water partition coefficient (Wildman–Crippen LogP) is 4.68. The number of hydrogen-bond donors (Lipinski definition) is 2. The normalized spacial score (nSPS) is 22.1. The maximum atomic E-state index is 13.3. The van der Waals surface area contributed by atoms with Crippen LogP contribution in [0.4, 0.5) is 24.8 Å². The lowest BCUT2D eigenvalue weighted by atomic mass is 9.67. The van der Waals surface area contributed by atoms with Gasteiger partial charge in [-0.1, -0.05) is 0 Å². The molecule has 3 aromatic rings. The van der Waals surface area contributed by atoms with Crippen LogP contribution in [0.3, 0.4) is 0 Å². The van der Waals surface area contributed by atoms with Crippen LogP contribution in [0.15, 0.2) is 35.6 Å². The minimum absolute atomic E-state index is 0.256. The van der Waals surface area contributed by atoms with Crippen LogP contribution in [0, 0.1) is 5.41 Å². The zero-order chi connectivity index (χ0) is 27.1. The van der Waals surface area contributed by atoms with Crippen LogP contribution in [-0.4, -0.2) is 81.1 Å². The third-order valence-corrected chi connectivity index (χ3v) is 8.37. The molecule has 3 aliphatic rings. The van der Waals surface area contributed by atoms with Crippen molar-refractivity contribution in [3.63, 3.8) is 0 Å². The molecule has 5 heterocycles. The van der Waals surface area contributed by atoms with E-state index < -0.39 is 12.6 Å². The molecular weight excluding hydrogens is 505 g/mol. The maximum absolute atomic E-state index is 13.3. The monoisotopic (exact) mass is 540 g/mol. The van der Waals surface area contributed by atoms with Gasteiger partial charge in [0.15, 0.2) is 0 Å². The Bertz CT molecular complexity index is 1350. The second-order valence-electron chi connectivity index (χ2n) is 11.5. The fourth-order valence-electron chi connectivity index (χ4n) is 6.40. The standard InChI is InChI=1S/C28H35F3N8/c1-17(29)14-38-15-28(16-38)8-5-19(6-9-28)35-27-33-12-25-20(7-10-39(25)37-27)21-3-4-22-24(36-21)11-23(18(2)34-22)32-13-26(30)31/h3-4,7,10,12,17,19,23,26,32H,5-6,8-9,11,13-16H2,1-2H3,(H,35,37)/t17-,23?/m0/s1. The van der Waals surface area contributed by atoms with Gasteiger partial charge in [-0.05, 0) is 63.1 Å². The number of rotatable bonds is 8. The van der Waals surface area contributed by atoms with Crippen LogP contribution in [-0.2, 0) is 6.42 Å². The molecule has 0 aromatic carbocycles. The smallest absolute Gasteiger partial charge is 0.250 e. The molecule has 8 nitrogen and oxygen atoms in total. The van der Waals surface area contributed by atoms with Gasteiger partial charge in [-0.3, -0.25) is 14.9 Å². The van der Waals surface area contributed by atoms with E-state index in [0.717, 1.165) is 72.6 Å². The van der Waals surface area contributed by atoms with Crippen LogP contribution in [0.1, 0.15) is 45.2 Å². The van der Waals surface area contributed by atoms with Crippen molar-refractivity contribution in [1.29, 1.82) is 0 Å². The fourth-order valence-corrected chi connectivity index (χ4v) is 6.40. The van der Waals surface area contributed by atoms with Gasteiger partial charge < -0.3 is 10.6 Å². The summed E-state index contributed by atoms with van der Waals surface area (Å²) in [5.41, 5.74) is 5.23. The van der Waals surface area contributed by atoms with Gasteiger partial charge >= 0.3 is 0 Å². The van der Waals surface area contributed by atoms with Crippen LogP contribution < -0.4 is 10.6 Å². The number of aliphatic imine (C=N–C) groups is 1. The SMILES string of the molecule is CC1=Nc2ccc(-c3ccn4nc(NC5CCC6(CC5)CN(C[C@H](C)F)C6)ncc34)nc2CC1NCC(F)F. The first-order chi connectivity index (χ1) is 18.8. The summed E-state index contributed by atoms with van der Waals surface area (Å²) < 4.78 is 40.5. The summed E-state index contributed by atoms with van der Waals surface area (Å²) in [6, 6.07) is 5.90. The summed E-state index contributed by atoms with van der Waals surface area (Å²) in [6.07, 6.45) is 5.46.